The van der Waals surface area contributed by atoms with E-state index in [-0.39, 0.29) is 5.92 Å². The molecule has 0 aliphatic heterocycles. The SMILES string of the molecule is COc1ccc(C2C=CCCC2C(=O)O)c(OC)c1OC. The van der Waals surface area contributed by atoms with Gasteiger partial charge in [0, 0.05) is 11.5 Å². The van der Waals surface area contributed by atoms with Crippen LogP contribution in [-0.2, 0) is 4.79 Å². The molecule has 1 aliphatic carbocycles. The van der Waals surface area contributed by atoms with E-state index in [0.29, 0.717) is 23.7 Å². The minimum absolute atomic E-state index is 0.231. The van der Waals surface area contributed by atoms with E-state index in [1.54, 1.807) is 20.3 Å². The molecule has 2 atom stereocenters. The minimum Gasteiger partial charge on any atom is -0.493 e. The minimum atomic E-state index is -0.791. The maximum Gasteiger partial charge on any atom is 0.307 e. The number of ether oxygens (including phenoxy) is 3. The number of benzene rings is 1. The van der Waals surface area contributed by atoms with Crippen molar-refractivity contribution in [2.24, 2.45) is 5.92 Å². The fourth-order valence-corrected chi connectivity index (χ4v) is 2.82. The van der Waals surface area contributed by atoms with Crippen molar-refractivity contribution in [2.75, 3.05) is 21.3 Å². The first-order chi connectivity index (χ1) is 10.1. The Morgan fingerprint density at radius 2 is 1.86 bits per heavy atom. The van der Waals surface area contributed by atoms with Crippen molar-refractivity contribution in [1.29, 1.82) is 0 Å². The molecule has 0 fully saturated rings. The van der Waals surface area contributed by atoms with E-state index in [0.717, 1.165) is 12.0 Å². The fraction of sp³-hybridized carbons (Fsp3) is 0.438. The Bertz CT molecular complexity index is 550. The standard InChI is InChI=1S/C16H20O5/c1-19-13-9-8-11(14(20-2)15(13)21-3)10-6-4-5-7-12(10)16(17)18/h4,6,8-10,12H,5,7H2,1-3H3,(H,17,18). The van der Waals surface area contributed by atoms with E-state index < -0.39 is 11.9 Å². The molecule has 1 aromatic carbocycles. The van der Waals surface area contributed by atoms with E-state index in [9.17, 15) is 9.90 Å². The van der Waals surface area contributed by atoms with Gasteiger partial charge in [-0.1, -0.05) is 18.2 Å². The van der Waals surface area contributed by atoms with E-state index in [2.05, 4.69) is 0 Å². The molecule has 5 nitrogen and oxygen atoms in total. The van der Waals surface area contributed by atoms with Crippen molar-refractivity contribution in [3.8, 4) is 17.2 Å². The second-order valence-electron chi connectivity index (χ2n) is 4.90. The van der Waals surface area contributed by atoms with Gasteiger partial charge in [-0.2, -0.15) is 0 Å². The van der Waals surface area contributed by atoms with Crippen LogP contribution in [0, 0.1) is 5.92 Å². The van der Waals surface area contributed by atoms with Crippen LogP contribution in [0.2, 0.25) is 0 Å². The van der Waals surface area contributed by atoms with Crippen LogP contribution < -0.4 is 14.2 Å². The number of allylic oxidation sites excluding steroid dienone is 2. The Kier molecular flexibility index (Phi) is 4.73. The number of methoxy groups -OCH3 is 3. The molecule has 1 N–H and O–H groups in total. The first-order valence-corrected chi connectivity index (χ1v) is 6.82. The molecule has 0 amide bonds. The van der Waals surface area contributed by atoms with Gasteiger partial charge in [0.05, 0.1) is 27.2 Å². The quantitative estimate of drug-likeness (QED) is 0.845. The van der Waals surface area contributed by atoms with E-state index >= 15 is 0 Å². The smallest absolute Gasteiger partial charge is 0.307 e. The molecule has 1 aliphatic rings. The van der Waals surface area contributed by atoms with Crippen LogP contribution in [-0.4, -0.2) is 32.4 Å². The highest BCUT2D eigenvalue weighted by Crippen LogP contribution is 2.46. The third-order valence-corrected chi connectivity index (χ3v) is 3.83. The summed E-state index contributed by atoms with van der Waals surface area (Å²) in [6.45, 7) is 0. The lowest BCUT2D eigenvalue weighted by molar-refractivity contribution is -0.142. The van der Waals surface area contributed by atoms with E-state index in [1.807, 2.05) is 18.2 Å². The highest BCUT2D eigenvalue weighted by Gasteiger charge is 2.32. The summed E-state index contributed by atoms with van der Waals surface area (Å²) in [5, 5.41) is 9.43. The molecule has 0 spiro atoms. The topological polar surface area (TPSA) is 65.0 Å². The molecule has 2 unspecified atom stereocenters. The van der Waals surface area contributed by atoms with Crippen LogP contribution in [0.1, 0.15) is 24.3 Å². The summed E-state index contributed by atoms with van der Waals surface area (Å²) in [5.74, 6) is 0.0965. The third-order valence-electron chi connectivity index (χ3n) is 3.83. The lowest BCUT2D eigenvalue weighted by atomic mass is 9.79. The monoisotopic (exact) mass is 292 g/mol. The molecule has 0 saturated heterocycles. The number of hydrogen-bond donors (Lipinski definition) is 1. The van der Waals surface area contributed by atoms with Crippen LogP contribution in [0.4, 0.5) is 0 Å². The molecular weight excluding hydrogens is 272 g/mol. The zero-order valence-corrected chi connectivity index (χ0v) is 12.5. The number of carboxylic acid groups (broad SMARTS) is 1. The largest absolute Gasteiger partial charge is 0.493 e. The van der Waals surface area contributed by atoms with Gasteiger partial charge >= 0.3 is 5.97 Å². The summed E-state index contributed by atoms with van der Waals surface area (Å²) in [7, 11) is 4.64. The lowest BCUT2D eigenvalue weighted by Gasteiger charge is -2.27. The maximum atomic E-state index is 11.5. The Hall–Kier alpha value is -2.17. The van der Waals surface area contributed by atoms with Gasteiger partial charge in [-0.3, -0.25) is 4.79 Å². The molecule has 0 bridgehead atoms. The van der Waals surface area contributed by atoms with Crippen LogP contribution in [0.15, 0.2) is 24.3 Å². The maximum absolute atomic E-state index is 11.5. The number of aliphatic carboxylic acids is 1. The van der Waals surface area contributed by atoms with Gasteiger partial charge < -0.3 is 19.3 Å². The van der Waals surface area contributed by atoms with Gasteiger partial charge in [0.25, 0.3) is 0 Å². The molecule has 0 aromatic heterocycles. The number of carbonyl (C=O) groups is 1. The molecule has 2 rings (SSSR count). The first-order valence-electron chi connectivity index (χ1n) is 6.82. The summed E-state index contributed by atoms with van der Waals surface area (Å²) < 4.78 is 16.1. The van der Waals surface area contributed by atoms with Crippen molar-refractivity contribution in [1.82, 2.24) is 0 Å². The summed E-state index contributed by atoms with van der Waals surface area (Å²) >= 11 is 0. The van der Waals surface area contributed by atoms with Crippen LogP contribution in [0.25, 0.3) is 0 Å². The Morgan fingerprint density at radius 1 is 1.14 bits per heavy atom. The predicted molar refractivity (Wildman–Crippen MR) is 78.3 cm³/mol. The van der Waals surface area contributed by atoms with Crippen molar-refractivity contribution in [3.05, 3.63) is 29.8 Å². The molecule has 114 valence electrons. The van der Waals surface area contributed by atoms with Gasteiger partial charge in [-0.15, -0.1) is 0 Å². The predicted octanol–water partition coefficient (Wildman–Crippen LogP) is 2.85. The average Bonchev–Trinajstić information content (AvgIpc) is 2.53. The van der Waals surface area contributed by atoms with Crippen LogP contribution in [0.3, 0.4) is 0 Å². The number of carboxylic acids is 1. The summed E-state index contributed by atoms with van der Waals surface area (Å²) in [6.07, 6.45) is 5.35. The molecule has 1 aromatic rings. The van der Waals surface area contributed by atoms with E-state index in [1.165, 1.54) is 7.11 Å². The molecule has 0 heterocycles. The molecule has 0 radical (unpaired) electrons. The van der Waals surface area contributed by atoms with Crippen molar-refractivity contribution < 1.29 is 24.1 Å². The highest BCUT2D eigenvalue weighted by atomic mass is 16.5. The van der Waals surface area contributed by atoms with Crippen molar-refractivity contribution in [3.63, 3.8) is 0 Å². The number of rotatable bonds is 5. The van der Waals surface area contributed by atoms with Gasteiger partial charge in [0.1, 0.15) is 0 Å². The number of hydrogen-bond acceptors (Lipinski definition) is 4. The Balaban J connectivity index is 2.54. The van der Waals surface area contributed by atoms with Crippen LogP contribution >= 0.6 is 0 Å². The summed E-state index contributed by atoms with van der Waals surface area (Å²) in [5.41, 5.74) is 0.804. The van der Waals surface area contributed by atoms with Crippen molar-refractivity contribution in [2.45, 2.75) is 18.8 Å². The zero-order valence-electron chi connectivity index (χ0n) is 12.5. The summed E-state index contributed by atoms with van der Waals surface area (Å²) in [4.78, 5) is 11.5. The second kappa shape index (κ2) is 6.52. The van der Waals surface area contributed by atoms with Gasteiger partial charge in [-0.25, -0.2) is 0 Å². The zero-order chi connectivity index (χ0) is 15.4. The van der Waals surface area contributed by atoms with Crippen molar-refractivity contribution >= 4 is 5.97 Å². The molecule has 21 heavy (non-hydrogen) atoms. The summed E-state index contributed by atoms with van der Waals surface area (Å²) in [6, 6.07) is 3.62. The molecule has 5 heteroatoms. The second-order valence-corrected chi connectivity index (χ2v) is 4.90. The van der Waals surface area contributed by atoms with Gasteiger partial charge in [-0.05, 0) is 18.9 Å². The van der Waals surface area contributed by atoms with Gasteiger partial charge in [0.15, 0.2) is 11.5 Å². The lowest BCUT2D eigenvalue weighted by Crippen LogP contribution is -2.23. The first kappa shape index (κ1) is 15.2. The molecule has 0 saturated carbocycles. The Labute approximate surface area is 124 Å². The fourth-order valence-electron chi connectivity index (χ4n) is 2.82. The van der Waals surface area contributed by atoms with Gasteiger partial charge in [0.2, 0.25) is 5.75 Å². The van der Waals surface area contributed by atoms with Crippen LogP contribution in [0.5, 0.6) is 17.2 Å². The van der Waals surface area contributed by atoms with E-state index in [4.69, 9.17) is 14.2 Å². The Morgan fingerprint density at radius 3 is 2.43 bits per heavy atom. The molecular formula is C16H20O5. The third kappa shape index (κ3) is 2.82. The highest BCUT2D eigenvalue weighted by molar-refractivity contribution is 5.73. The normalized spacial score (nSPS) is 20.9. The average molecular weight is 292 g/mol.